The van der Waals surface area contributed by atoms with Crippen molar-refractivity contribution in [2.45, 2.75) is 25.8 Å². The van der Waals surface area contributed by atoms with Crippen molar-refractivity contribution in [2.75, 3.05) is 0 Å². The van der Waals surface area contributed by atoms with Crippen LogP contribution in [0.2, 0.25) is 0 Å². The molecule has 0 aliphatic rings. The van der Waals surface area contributed by atoms with E-state index in [0.717, 1.165) is 4.47 Å². The summed E-state index contributed by atoms with van der Waals surface area (Å²) in [5.41, 5.74) is 0.454. The molecule has 92 valence electrons. The lowest BCUT2D eigenvalue weighted by atomic mass is 10.1. The highest BCUT2D eigenvalue weighted by molar-refractivity contribution is 9.10. The van der Waals surface area contributed by atoms with Crippen molar-refractivity contribution < 1.29 is 14.7 Å². The van der Waals surface area contributed by atoms with Crippen LogP contribution in [-0.4, -0.2) is 23.0 Å². The highest BCUT2D eigenvalue weighted by Gasteiger charge is 2.19. The zero-order valence-electron chi connectivity index (χ0n) is 9.44. The summed E-state index contributed by atoms with van der Waals surface area (Å²) in [6, 6.07) is 5.94. The van der Waals surface area contributed by atoms with Gasteiger partial charge in [0.25, 0.3) is 5.91 Å². The summed E-state index contributed by atoms with van der Waals surface area (Å²) in [6.45, 7) is 1.88. The van der Waals surface area contributed by atoms with Crippen molar-refractivity contribution in [1.29, 1.82) is 0 Å². The van der Waals surface area contributed by atoms with Crippen molar-refractivity contribution >= 4 is 27.8 Å². The lowest BCUT2D eigenvalue weighted by molar-refractivity contribution is -0.139. The average Bonchev–Trinajstić information content (AvgIpc) is 2.29. The molecule has 0 fully saturated rings. The molecule has 0 unspecified atom stereocenters. The van der Waals surface area contributed by atoms with Crippen LogP contribution in [0, 0.1) is 0 Å². The first-order valence-corrected chi connectivity index (χ1v) is 6.13. The van der Waals surface area contributed by atoms with Crippen molar-refractivity contribution in [3.05, 3.63) is 34.3 Å². The van der Waals surface area contributed by atoms with Gasteiger partial charge in [-0.2, -0.15) is 0 Å². The maximum absolute atomic E-state index is 11.8. The van der Waals surface area contributed by atoms with Crippen LogP contribution in [0.15, 0.2) is 28.7 Å². The zero-order chi connectivity index (χ0) is 12.8. The second kappa shape index (κ2) is 6.39. The third-order valence-electron chi connectivity index (χ3n) is 2.29. The number of carboxylic acid groups (broad SMARTS) is 1. The average molecular weight is 300 g/mol. The maximum Gasteiger partial charge on any atom is 0.326 e. The molecule has 1 amide bonds. The van der Waals surface area contributed by atoms with Gasteiger partial charge in [0.15, 0.2) is 0 Å². The molecule has 17 heavy (non-hydrogen) atoms. The molecule has 2 N–H and O–H groups in total. The van der Waals surface area contributed by atoms with Crippen molar-refractivity contribution in [1.82, 2.24) is 5.32 Å². The normalized spacial score (nSPS) is 11.9. The van der Waals surface area contributed by atoms with Crippen LogP contribution in [0.4, 0.5) is 0 Å². The third kappa shape index (κ3) is 4.19. The summed E-state index contributed by atoms with van der Waals surface area (Å²) >= 11 is 3.27. The number of benzene rings is 1. The number of carboxylic acids is 1. The van der Waals surface area contributed by atoms with Gasteiger partial charge in [-0.3, -0.25) is 4.79 Å². The number of amides is 1. The number of rotatable bonds is 5. The number of hydrogen-bond donors (Lipinski definition) is 2. The number of carbonyl (C=O) groups excluding carboxylic acids is 1. The van der Waals surface area contributed by atoms with E-state index in [1.165, 1.54) is 0 Å². The number of nitrogens with one attached hydrogen (secondary N) is 1. The smallest absolute Gasteiger partial charge is 0.326 e. The van der Waals surface area contributed by atoms with Crippen LogP contribution in [0.1, 0.15) is 30.1 Å². The minimum Gasteiger partial charge on any atom is -0.480 e. The Labute approximate surface area is 108 Å². The van der Waals surface area contributed by atoms with Crippen molar-refractivity contribution in [2.24, 2.45) is 0 Å². The van der Waals surface area contributed by atoms with Crippen LogP contribution >= 0.6 is 15.9 Å². The van der Waals surface area contributed by atoms with Crippen LogP contribution < -0.4 is 5.32 Å². The first kappa shape index (κ1) is 13.7. The Morgan fingerprint density at radius 1 is 1.35 bits per heavy atom. The highest BCUT2D eigenvalue weighted by atomic mass is 79.9. The summed E-state index contributed by atoms with van der Waals surface area (Å²) in [7, 11) is 0. The van der Waals surface area contributed by atoms with E-state index in [-0.39, 0.29) is 5.91 Å². The van der Waals surface area contributed by atoms with E-state index < -0.39 is 12.0 Å². The van der Waals surface area contributed by atoms with Gasteiger partial charge < -0.3 is 10.4 Å². The molecule has 0 saturated heterocycles. The molecule has 1 aromatic carbocycles. The van der Waals surface area contributed by atoms with Crippen molar-refractivity contribution in [3.8, 4) is 0 Å². The number of halogens is 1. The molecule has 0 radical (unpaired) electrons. The predicted molar refractivity (Wildman–Crippen MR) is 67.9 cm³/mol. The van der Waals surface area contributed by atoms with E-state index in [1.807, 2.05) is 6.92 Å². The fourth-order valence-electron chi connectivity index (χ4n) is 1.39. The fourth-order valence-corrected chi connectivity index (χ4v) is 1.65. The lowest BCUT2D eigenvalue weighted by Gasteiger charge is -2.13. The predicted octanol–water partition coefficient (Wildman–Crippen LogP) is 2.43. The molecule has 0 saturated carbocycles. The highest BCUT2D eigenvalue weighted by Crippen LogP contribution is 2.10. The lowest BCUT2D eigenvalue weighted by Crippen LogP contribution is -2.40. The molecule has 0 aromatic heterocycles. The minimum absolute atomic E-state index is 0.363. The topological polar surface area (TPSA) is 66.4 Å². The second-order valence-electron chi connectivity index (χ2n) is 3.66. The monoisotopic (exact) mass is 299 g/mol. The number of carbonyl (C=O) groups is 2. The van der Waals surface area contributed by atoms with Crippen LogP contribution in [-0.2, 0) is 4.79 Å². The van der Waals surface area contributed by atoms with E-state index in [4.69, 9.17) is 5.11 Å². The molecular formula is C12H14BrNO3. The first-order chi connectivity index (χ1) is 8.04. The molecule has 0 heterocycles. The van der Waals surface area contributed by atoms with E-state index in [9.17, 15) is 9.59 Å². The molecule has 0 spiro atoms. The molecule has 1 aromatic rings. The standard InChI is InChI=1S/C12H14BrNO3/c1-2-3-10(12(16)17)14-11(15)8-4-6-9(13)7-5-8/h4-7,10H,2-3H2,1H3,(H,14,15)(H,16,17)/t10-/m0/s1. The Kier molecular flexibility index (Phi) is 5.15. The Bertz CT molecular complexity index is 403. The van der Waals surface area contributed by atoms with Gasteiger partial charge >= 0.3 is 5.97 Å². The van der Waals surface area contributed by atoms with E-state index >= 15 is 0 Å². The van der Waals surface area contributed by atoms with Gasteiger partial charge in [0.1, 0.15) is 6.04 Å². The van der Waals surface area contributed by atoms with Gasteiger partial charge in [-0.25, -0.2) is 4.79 Å². The van der Waals surface area contributed by atoms with E-state index in [2.05, 4.69) is 21.2 Å². The molecule has 1 rings (SSSR count). The van der Waals surface area contributed by atoms with Gasteiger partial charge in [-0.1, -0.05) is 29.3 Å². The summed E-state index contributed by atoms with van der Waals surface area (Å²) in [4.78, 5) is 22.6. The molecular weight excluding hydrogens is 286 g/mol. The maximum atomic E-state index is 11.8. The molecule has 1 atom stereocenters. The fraction of sp³-hybridized carbons (Fsp3) is 0.333. The van der Waals surface area contributed by atoms with Crippen LogP contribution in [0.5, 0.6) is 0 Å². The SMILES string of the molecule is CCC[C@H](NC(=O)c1ccc(Br)cc1)C(=O)O. The Morgan fingerprint density at radius 2 is 1.94 bits per heavy atom. The van der Waals surface area contributed by atoms with E-state index in [1.54, 1.807) is 24.3 Å². The molecule has 4 nitrogen and oxygen atoms in total. The first-order valence-electron chi connectivity index (χ1n) is 5.33. The van der Waals surface area contributed by atoms with Crippen molar-refractivity contribution in [3.63, 3.8) is 0 Å². The van der Waals surface area contributed by atoms with Crippen LogP contribution in [0.3, 0.4) is 0 Å². The second-order valence-corrected chi connectivity index (χ2v) is 4.58. The quantitative estimate of drug-likeness (QED) is 0.877. The van der Waals surface area contributed by atoms with Gasteiger partial charge in [-0.05, 0) is 30.7 Å². The van der Waals surface area contributed by atoms with Gasteiger partial charge in [0.2, 0.25) is 0 Å². The molecule has 0 aliphatic heterocycles. The van der Waals surface area contributed by atoms with Gasteiger partial charge in [0.05, 0.1) is 0 Å². The summed E-state index contributed by atoms with van der Waals surface area (Å²) in [5.74, 6) is -1.37. The summed E-state index contributed by atoms with van der Waals surface area (Å²) in [6.07, 6.45) is 1.13. The zero-order valence-corrected chi connectivity index (χ0v) is 11.0. The van der Waals surface area contributed by atoms with Gasteiger partial charge in [-0.15, -0.1) is 0 Å². The Morgan fingerprint density at radius 3 is 2.41 bits per heavy atom. The van der Waals surface area contributed by atoms with E-state index in [0.29, 0.717) is 18.4 Å². The largest absolute Gasteiger partial charge is 0.480 e. The molecule has 0 bridgehead atoms. The van der Waals surface area contributed by atoms with Crippen LogP contribution in [0.25, 0.3) is 0 Å². The van der Waals surface area contributed by atoms with Gasteiger partial charge in [0, 0.05) is 10.0 Å². The number of hydrogen-bond acceptors (Lipinski definition) is 2. The minimum atomic E-state index is -1.00. The number of aliphatic carboxylic acids is 1. The third-order valence-corrected chi connectivity index (χ3v) is 2.82. The molecule has 5 heteroatoms. The molecule has 0 aliphatic carbocycles. The Balaban J connectivity index is 2.70. The summed E-state index contributed by atoms with van der Waals surface area (Å²) in [5, 5.41) is 11.4. The summed E-state index contributed by atoms with van der Waals surface area (Å²) < 4.78 is 0.873. The Hall–Kier alpha value is -1.36.